The first kappa shape index (κ1) is 14.0. The molecule has 0 saturated heterocycles. The minimum atomic E-state index is 0.0195. The molecule has 0 bridgehead atoms. The van der Waals surface area contributed by atoms with Gasteiger partial charge in [0.05, 0.1) is 21.3 Å². The van der Waals surface area contributed by atoms with Gasteiger partial charge in [0.2, 0.25) is 5.95 Å². The number of hydrogen-bond acceptors (Lipinski definition) is 5. The predicted octanol–water partition coefficient (Wildman–Crippen LogP) is 3.44. The molecule has 0 atom stereocenters. The number of aromatic nitrogens is 2. The van der Waals surface area contributed by atoms with E-state index in [-0.39, 0.29) is 18.2 Å². The molecule has 4 nitrogen and oxygen atoms in total. The van der Waals surface area contributed by atoms with Gasteiger partial charge in [-0.1, -0.05) is 11.6 Å². The number of Topliss-reactive ketones (excluding diaryl/α,β-unsaturated/α-hetero) is 1. The summed E-state index contributed by atoms with van der Waals surface area (Å²) in [6.07, 6.45) is 1.91. The lowest BCUT2D eigenvalue weighted by atomic mass is 10.2. The molecule has 0 aromatic carbocycles. The molecule has 0 aliphatic heterocycles. The van der Waals surface area contributed by atoms with E-state index < -0.39 is 0 Å². The van der Waals surface area contributed by atoms with Crippen molar-refractivity contribution in [3.63, 3.8) is 0 Å². The summed E-state index contributed by atoms with van der Waals surface area (Å²) in [6, 6.07) is 5.47. The van der Waals surface area contributed by atoms with Crippen LogP contribution in [-0.2, 0) is 6.42 Å². The van der Waals surface area contributed by atoms with Crippen LogP contribution >= 0.6 is 22.9 Å². The van der Waals surface area contributed by atoms with E-state index in [2.05, 4.69) is 15.3 Å². The summed E-state index contributed by atoms with van der Waals surface area (Å²) in [6.45, 7) is 4.02. The number of hydrogen-bond donors (Lipinski definition) is 1. The van der Waals surface area contributed by atoms with Gasteiger partial charge in [-0.25, -0.2) is 9.97 Å². The highest BCUT2D eigenvalue weighted by molar-refractivity contribution is 7.18. The molecule has 1 N–H and O–H groups in total. The van der Waals surface area contributed by atoms with Gasteiger partial charge < -0.3 is 5.32 Å². The Morgan fingerprint density at radius 3 is 2.84 bits per heavy atom. The summed E-state index contributed by atoms with van der Waals surface area (Å²) in [5.41, 5.74) is 0.702. The van der Waals surface area contributed by atoms with Crippen molar-refractivity contribution in [2.24, 2.45) is 0 Å². The van der Waals surface area contributed by atoms with Crippen molar-refractivity contribution in [1.29, 1.82) is 0 Å². The number of rotatable bonds is 5. The van der Waals surface area contributed by atoms with Crippen LogP contribution in [0.25, 0.3) is 0 Å². The first-order valence-corrected chi connectivity index (χ1v) is 7.11. The van der Waals surface area contributed by atoms with Crippen molar-refractivity contribution < 1.29 is 4.79 Å². The molecule has 0 fully saturated rings. The molecule has 2 heterocycles. The summed E-state index contributed by atoms with van der Waals surface area (Å²) in [7, 11) is 0. The molecule has 0 radical (unpaired) electrons. The van der Waals surface area contributed by atoms with Crippen LogP contribution in [0.1, 0.15) is 29.2 Å². The number of nitrogens with zero attached hydrogens (tertiary/aromatic N) is 2. The monoisotopic (exact) mass is 295 g/mol. The predicted molar refractivity (Wildman–Crippen MR) is 78.2 cm³/mol. The normalized spacial score (nSPS) is 10.7. The molecule has 0 saturated carbocycles. The van der Waals surface area contributed by atoms with Gasteiger partial charge in [0, 0.05) is 12.2 Å². The lowest BCUT2D eigenvalue weighted by Crippen LogP contribution is -2.13. The summed E-state index contributed by atoms with van der Waals surface area (Å²) < 4.78 is 0.619. The van der Waals surface area contributed by atoms with Crippen molar-refractivity contribution in [1.82, 2.24) is 9.97 Å². The fraction of sp³-hybridized carbons (Fsp3) is 0.308. The van der Waals surface area contributed by atoms with Gasteiger partial charge >= 0.3 is 0 Å². The molecule has 2 aromatic rings. The number of halogens is 1. The van der Waals surface area contributed by atoms with Gasteiger partial charge in [-0.3, -0.25) is 4.79 Å². The summed E-state index contributed by atoms with van der Waals surface area (Å²) in [4.78, 5) is 21.1. The maximum atomic E-state index is 12.0. The van der Waals surface area contributed by atoms with Gasteiger partial charge in [-0.05, 0) is 32.0 Å². The topological polar surface area (TPSA) is 54.9 Å². The highest BCUT2D eigenvalue weighted by Gasteiger charge is 2.11. The number of nitrogens with one attached hydrogen (secondary N) is 1. The molecule has 0 amide bonds. The Kier molecular flexibility index (Phi) is 4.50. The van der Waals surface area contributed by atoms with Crippen molar-refractivity contribution in [2.75, 3.05) is 5.32 Å². The first-order valence-electron chi connectivity index (χ1n) is 5.91. The quantitative estimate of drug-likeness (QED) is 0.859. The van der Waals surface area contributed by atoms with Gasteiger partial charge in [-0.2, -0.15) is 0 Å². The van der Waals surface area contributed by atoms with E-state index in [1.54, 1.807) is 24.4 Å². The molecular weight excluding hydrogens is 282 g/mol. The fourth-order valence-electron chi connectivity index (χ4n) is 1.54. The summed E-state index contributed by atoms with van der Waals surface area (Å²) >= 11 is 7.11. The summed E-state index contributed by atoms with van der Waals surface area (Å²) in [5.74, 6) is 0.565. The lowest BCUT2D eigenvalue weighted by Gasteiger charge is -2.08. The Morgan fingerprint density at radius 1 is 1.42 bits per heavy atom. The molecule has 100 valence electrons. The number of thiophene rings is 1. The molecule has 0 unspecified atom stereocenters. The van der Waals surface area contributed by atoms with Crippen LogP contribution < -0.4 is 5.32 Å². The third-order valence-corrected chi connectivity index (χ3v) is 3.59. The average molecular weight is 296 g/mol. The van der Waals surface area contributed by atoms with E-state index in [4.69, 9.17) is 11.6 Å². The van der Waals surface area contributed by atoms with Crippen molar-refractivity contribution >= 4 is 34.7 Å². The Labute approximate surface area is 120 Å². The Balaban J connectivity index is 2.08. The minimum absolute atomic E-state index is 0.0195. The van der Waals surface area contributed by atoms with E-state index in [1.807, 2.05) is 13.8 Å². The molecular formula is C13H14ClN3OS. The van der Waals surface area contributed by atoms with Gasteiger partial charge in [0.25, 0.3) is 0 Å². The van der Waals surface area contributed by atoms with E-state index in [0.29, 0.717) is 20.9 Å². The molecule has 0 spiro atoms. The average Bonchev–Trinajstić information content (AvgIpc) is 2.75. The van der Waals surface area contributed by atoms with E-state index >= 15 is 0 Å². The second-order valence-corrected chi connectivity index (χ2v) is 6.09. The second kappa shape index (κ2) is 6.12. The van der Waals surface area contributed by atoms with Crippen molar-refractivity contribution in [2.45, 2.75) is 26.3 Å². The second-order valence-electron chi connectivity index (χ2n) is 4.37. The van der Waals surface area contributed by atoms with Gasteiger partial charge in [0.1, 0.15) is 0 Å². The third kappa shape index (κ3) is 4.01. The minimum Gasteiger partial charge on any atom is -0.352 e. The lowest BCUT2D eigenvalue weighted by molar-refractivity contribution is 0.0996. The molecule has 0 aliphatic rings. The zero-order chi connectivity index (χ0) is 13.8. The molecule has 6 heteroatoms. The van der Waals surface area contributed by atoms with Gasteiger partial charge in [0.15, 0.2) is 5.78 Å². The summed E-state index contributed by atoms with van der Waals surface area (Å²) in [5, 5.41) is 3.11. The molecule has 0 aliphatic carbocycles. The van der Waals surface area contributed by atoms with Crippen LogP contribution in [0.5, 0.6) is 0 Å². The van der Waals surface area contributed by atoms with Crippen LogP contribution in [0.2, 0.25) is 4.34 Å². The van der Waals surface area contributed by atoms with Crippen molar-refractivity contribution in [3.05, 3.63) is 39.3 Å². The zero-order valence-corrected chi connectivity index (χ0v) is 12.3. The van der Waals surface area contributed by atoms with E-state index in [0.717, 1.165) is 0 Å². The molecule has 2 aromatic heterocycles. The van der Waals surface area contributed by atoms with Crippen LogP contribution in [0.15, 0.2) is 24.4 Å². The standard InChI is InChI=1S/C13H14ClN3OS/c1-8(2)16-13-15-6-5-9(17-13)7-10(18)11-3-4-12(14)19-11/h3-6,8H,7H2,1-2H3,(H,15,16,17). The number of ketones is 1. The first-order chi connectivity index (χ1) is 9.04. The largest absolute Gasteiger partial charge is 0.352 e. The maximum absolute atomic E-state index is 12.0. The fourth-order valence-corrected chi connectivity index (χ4v) is 2.52. The highest BCUT2D eigenvalue weighted by Crippen LogP contribution is 2.22. The number of carbonyl (C=O) groups is 1. The van der Waals surface area contributed by atoms with Crippen molar-refractivity contribution in [3.8, 4) is 0 Å². The third-order valence-electron chi connectivity index (χ3n) is 2.32. The SMILES string of the molecule is CC(C)Nc1nccc(CC(=O)c2ccc(Cl)s2)n1. The Hall–Kier alpha value is -1.46. The zero-order valence-electron chi connectivity index (χ0n) is 10.7. The Morgan fingerprint density at radius 2 is 2.21 bits per heavy atom. The van der Waals surface area contributed by atoms with E-state index in [9.17, 15) is 4.79 Å². The Bertz CT molecular complexity index is 583. The highest BCUT2D eigenvalue weighted by atomic mass is 35.5. The smallest absolute Gasteiger partial charge is 0.223 e. The maximum Gasteiger partial charge on any atom is 0.223 e. The number of carbonyl (C=O) groups excluding carboxylic acids is 1. The van der Waals surface area contributed by atoms with E-state index in [1.165, 1.54) is 11.3 Å². The van der Waals surface area contributed by atoms with Crippen LogP contribution in [0.3, 0.4) is 0 Å². The molecule has 19 heavy (non-hydrogen) atoms. The molecule has 2 rings (SSSR count). The van der Waals surface area contributed by atoms with Gasteiger partial charge in [-0.15, -0.1) is 11.3 Å². The van der Waals surface area contributed by atoms with Crippen LogP contribution in [0, 0.1) is 0 Å². The van der Waals surface area contributed by atoms with Crippen LogP contribution in [-0.4, -0.2) is 21.8 Å². The number of anilines is 1. The van der Waals surface area contributed by atoms with Crippen LogP contribution in [0.4, 0.5) is 5.95 Å².